The highest BCUT2D eigenvalue weighted by atomic mass is 16.3. The molecule has 9 aromatic rings. The molecule has 2 aliphatic heterocycles. The smallest absolute Gasteiger partial charge is 0.333 e. The van der Waals surface area contributed by atoms with Crippen molar-refractivity contribution < 1.29 is 4.42 Å². The molecule has 0 amide bonds. The van der Waals surface area contributed by atoms with Crippen molar-refractivity contribution in [3.63, 3.8) is 0 Å². The zero-order valence-corrected chi connectivity index (χ0v) is 38.7. The second-order valence-electron chi connectivity index (χ2n) is 21.4. The SMILES string of the molecule is Cc1cc2c3c(c1)N(c1ccc(-c4ccccc4)cc1C)c1cc4oc5cc6c(cc5c4cc1B3N(c1ccc(C(C)(C)C)cc1)c1c-2ccc2ccccc12)C(C)(C)CCC6(C)C. The lowest BCUT2D eigenvalue weighted by molar-refractivity contribution is 0.332. The summed E-state index contributed by atoms with van der Waals surface area (Å²) in [5.41, 5.74) is 22.3. The molecule has 314 valence electrons. The van der Waals surface area contributed by atoms with Gasteiger partial charge in [-0.1, -0.05) is 146 Å². The second kappa shape index (κ2) is 13.5. The maximum atomic E-state index is 7.09. The third-order valence-electron chi connectivity index (χ3n) is 15.2. The molecule has 3 nitrogen and oxygen atoms in total. The van der Waals surface area contributed by atoms with Crippen molar-refractivity contribution in [3.8, 4) is 22.3 Å². The Kier molecular flexibility index (Phi) is 8.25. The first-order valence-electron chi connectivity index (χ1n) is 23.2. The molecule has 3 heterocycles. The third-order valence-corrected chi connectivity index (χ3v) is 15.2. The van der Waals surface area contributed by atoms with Crippen LogP contribution < -0.4 is 20.6 Å². The number of hydrogen-bond acceptors (Lipinski definition) is 3. The molecular weight excluding hydrogens is 775 g/mol. The summed E-state index contributed by atoms with van der Waals surface area (Å²) in [6, 6.07) is 55.4. The van der Waals surface area contributed by atoms with E-state index in [1.165, 1.54) is 112 Å². The van der Waals surface area contributed by atoms with Crippen LogP contribution >= 0.6 is 0 Å². The Morgan fingerprint density at radius 1 is 0.562 bits per heavy atom. The molecule has 1 aromatic heterocycles. The van der Waals surface area contributed by atoms with Crippen molar-refractivity contribution in [2.75, 3.05) is 9.71 Å². The molecule has 12 rings (SSSR count). The van der Waals surface area contributed by atoms with E-state index >= 15 is 0 Å². The molecule has 0 spiro atoms. The molecule has 0 N–H and O–H groups in total. The predicted molar refractivity (Wildman–Crippen MR) is 274 cm³/mol. The predicted octanol–water partition coefficient (Wildman–Crippen LogP) is 15.4. The van der Waals surface area contributed by atoms with Gasteiger partial charge >= 0.3 is 6.85 Å². The van der Waals surface area contributed by atoms with Crippen LogP contribution in [-0.2, 0) is 16.2 Å². The minimum absolute atomic E-state index is 0.0328. The van der Waals surface area contributed by atoms with Gasteiger partial charge in [0.15, 0.2) is 0 Å². The van der Waals surface area contributed by atoms with Gasteiger partial charge in [0.25, 0.3) is 0 Å². The Morgan fingerprint density at radius 2 is 1.25 bits per heavy atom. The van der Waals surface area contributed by atoms with Crippen molar-refractivity contribution in [2.24, 2.45) is 0 Å². The van der Waals surface area contributed by atoms with Gasteiger partial charge in [0.05, 0.1) is 0 Å². The van der Waals surface area contributed by atoms with Crippen molar-refractivity contribution >= 4 is 78.9 Å². The largest absolute Gasteiger partial charge is 0.456 e. The lowest BCUT2D eigenvalue weighted by Crippen LogP contribution is -2.61. The molecular formula is C60H55BN2O. The lowest BCUT2D eigenvalue weighted by atomic mass is 9.43. The number of anilines is 5. The van der Waals surface area contributed by atoms with E-state index in [1.807, 2.05) is 0 Å². The van der Waals surface area contributed by atoms with Crippen LogP contribution in [-0.4, -0.2) is 6.85 Å². The molecule has 1 aliphatic carbocycles. The van der Waals surface area contributed by atoms with E-state index in [4.69, 9.17) is 4.42 Å². The molecule has 3 aliphatic rings. The zero-order chi connectivity index (χ0) is 44.0. The van der Waals surface area contributed by atoms with Gasteiger partial charge in [-0.05, 0) is 146 Å². The van der Waals surface area contributed by atoms with Gasteiger partial charge in [0.1, 0.15) is 11.2 Å². The normalized spacial score (nSPS) is 15.9. The molecule has 0 saturated carbocycles. The first-order chi connectivity index (χ1) is 30.7. The quantitative estimate of drug-likeness (QED) is 0.165. The fourth-order valence-corrected chi connectivity index (χ4v) is 11.6. The van der Waals surface area contributed by atoms with Crippen molar-refractivity contribution in [1.82, 2.24) is 0 Å². The van der Waals surface area contributed by atoms with E-state index in [0.717, 1.165) is 23.3 Å². The van der Waals surface area contributed by atoms with Crippen molar-refractivity contribution in [3.05, 3.63) is 173 Å². The lowest BCUT2D eigenvalue weighted by Gasteiger charge is -2.46. The van der Waals surface area contributed by atoms with Gasteiger partial charge in [-0.3, -0.25) is 0 Å². The highest BCUT2D eigenvalue weighted by Crippen LogP contribution is 2.52. The average molecular weight is 831 g/mol. The van der Waals surface area contributed by atoms with Gasteiger partial charge < -0.3 is 14.1 Å². The van der Waals surface area contributed by atoms with E-state index in [2.05, 4.69) is 218 Å². The van der Waals surface area contributed by atoms with Crippen LogP contribution in [0.15, 0.2) is 150 Å². The van der Waals surface area contributed by atoms with E-state index in [0.29, 0.717) is 0 Å². The molecule has 4 heteroatoms. The van der Waals surface area contributed by atoms with Crippen LogP contribution in [0.1, 0.15) is 89.1 Å². The van der Waals surface area contributed by atoms with Crippen LogP contribution in [0.3, 0.4) is 0 Å². The highest BCUT2D eigenvalue weighted by Gasteiger charge is 2.46. The molecule has 0 saturated heterocycles. The van der Waals surface area contributed by atoms with E-state index in [9.17, 15) is 0 Å². The summed E-state index contributed by atoms with van der Waals surface area (Å²) in [6.45, 7) is 21.0. The second-order valence-corrected chi connectivity index (χ2v) is 21.4. The van der Waals surface area contributed by atoms with Gasteiger partial charge in [-0.2, -0.15) is 0 Å². The van der Waals surface area contributed by atoms with Crippen LogP contribution in [0.4, 0.5) is 28.4 Å². The molecule has 0 fully saturated rings. The number of nitrogens with zero attached hydrogens (tertiary/aromatic N) is 2. The number of hydrogen-bond donors (Lipinski definition) is 0. The molecule has 8 aromatic carbocycles. The summed E-state index contributed by atoms with van der Waals surface area (Å²) >= 11 is 0. The Morgan fingerprint density at radius 3 is 1.98 bits per heavy atom. The number of aryl methyl sites for hydroxylation is 2. The topological polar surface area (TPSA) is 19.6 Å². The standard InChI is InChI=1S/C60H55BN2O/c1-36-29-47-44-25-19-39-17-13-14-18-43(39)57(44)63(42-23-21-41(22-24-42)58(3,4)5)61-50-33-46-45-32-48-49(60(8,9)28-27-59(48,6)7)34-54(45)64-55(46)35-52(50)62(53(30-36)56(47)61)51-26-20-40(31-37(51)2)38-15-11-10-12-16-38/h10-26,29-35H,27-28H2,1-9H3. The molecule has 64 heavy (non-hydrogen) atoms. The number of rotatable bonds is 3. The first kappa shape index (κ1) is 39.1. The van der Waals surface area contributed by atoms with Gasteiger partial charge in [-0.15, -0.1) is 0 Å². The Balaban J connectivity index is 1.20. The average Bonchev–Trinajstić information content (AvgIpc) is 3.63. The minimum atomic E-state index is -0.123. The van der Waals surface area contributed by atoms with Crippen molar-refractivity contribution in [1.29, 1.82) is 0 Å². The van der Waals surface area contributed by atoms with E-state index in [-0.39, 0.29) is 23.1 Å². The third kappa shape index (κ3) is 5.73. The summed E-state index contributed by atoms with van der Waals surface area (Å²) in [7, 11) is 0. The van der Waals surface area contributed by atoms with Crippen molar-refractivity contribution in [2.45, 2.75) is 91.4 Å². The fraction of sp³-hybridized carbons (Fsp3) is 0.233. The minimum Gasteiger partial charge on any atom is -0.456 e. The maximum Gasteiger partial charge on any atom is 0.333 e. The molecule has 0 bridgehead atoms. The monoisotopic (exact) mass is 830 g/mol. The summed E-state index contributed by atoms with van der Waals surface area (Å²) in [4.78, 5) is 5.23. The summed E-state index contributed by atoms with van der Waals surface area (Å²) < 4.78 is 7.09. The summed E-state index contributed by atoms with van der Waals surface area (Å²) in [5, 5.41) is 4.88. The zero-order valence-electron chi connectivity index (χ0n) is 38.7. The molecule has 0 radical (unpaired) electrons. The van der Waals surface area contributed by atoms with Crippen LogP contribution in [0.25, 0.3) is 55.0 Å². The van der Waals surface area contributed by atoms with Crippen LogP contribution in [0.5, 0.6) is 0 Å². The fourth-order valence-electron chi connectivity index (χ4n) is 11.6. The van der Waals surface area contributed by atoms with Gasteiger partial charge in [0, 0.05) is 56.2 Å². The van der Waals surface area contributed by atoms with Gasteiger partial charge in [-0.25, -0.2) is 0 Å². The van der Waals surface area contributed by atoms with E-state index in [1.54, 1.807) is 0 Å². The Bertz CT molecular complexity index is 3400. The summed E-state index contributed by atoms with van der Waals surface area (Å²) in [5.74, 6) is 0. The maximum absolute atomic E-state index is 7.09. The number of furan rings is 1. The Hall–Kier alpha value is -6.52. The summed E-state index contributed by atoms with van der Waals surface area (Å²) in [6.07, 6.45) is 2.33. The molecule has 0 atom stereocenters. The number of benzene rings is 8. The van der Waals surface area contributed by atoms with Crippen LogP contribution in [0, 0.1) is 13.8 Å². The highest BCUT2D eigenvalue weighted by molar-refractivity contribution is 6.94. The first-order valence-corrected chi connectivity index (χ1v) is 23.2. The van der Waals surface area contributed by atoms with Crippen LogP contribution in [0.2, 0.25) is 0 Å². The molecule has 0 unspecified atom stereocenters. The Labute approximate surface area is 378 Å². The van der Waals surface area contributed by atoms with E-state index < -0.39 is 0 Å². The number of fused-ring (bicyclic) bond motifs is 10. The van der Waals surface area contributed by atoms with Gasteiger partial charge in [0.2, 0.25) is 0 Å².